The Morgan fingerprint density at radius 1 is 1.07 bits per heavy atom. The molecule has 2 aliphatic heterocycles. The van der Waals surface area contributed by atoms with Gasteiger partial charge in [-0.25, -0.2) is 0 Å². The summed E-state index contributed by atoms with van der Waals surface area (Å²) in [5.74, 6) is 0.890. The van der Waals surface area contributed by atoms with Crippen LogP contribution in [-0.2, 0) is 9.53 Å². The van der Waals surface area contributed by atoms with Crippen LogP contribution in [0.4, 0.5) is 11.4 Å². The number of methoxy groups -OCH3 is 1. The van der Waals surface area contributed by atoms with Crippen molar-refractivity contribution in [1.82, 2.24) is 4.90 Å². The number of carbonyl (C=O) groups is 1. The van der Waals surface area contributed by atoms with E-state index in [1.54, 1.807) is 7.11 Å². The van der Waals surface area contributed by atoms with E-state index < -0.39 is 0 Å². The zero-order chi connectivity index (χ0) is 20.1. The summed E-state index contributed by atoms with van der Waals surface area (Å²) in [6, 6.07) is 16.6. The van der Waals surface area contributed by atoms with Crippen molar-refractivity contribution < 1.29 is 14.3 Å². The van der Waals surface area contributed by atoms with E-state index in [4.69, 9.17) is 9.47 Å². The number of benzene rings is 2. The van der Waals surface area contributed by atoms with E-state index in [9.17, 15) is 4.79 Å². The average molecular weight is 396 g/mol. The highest BCUT2D eigenvalue weighted by Crippen LogP contribution is 2.32. The van der Waals surface area contributed by atoms with Gasteiger partial charge >= 0.3 is 0 Å². The maximum atomic E-state index is 12.6. The summed E-state index contributed by atoms with van der Waals surface area (Å²) in [5, 5.41) is 3.05. The molecule has 1 N–H and O–H groups in total. The van der Waals surface area contributed by atoms with Crippen molar-refractivity contribution in [2.45, 2.75) is 18.9 Å². The average Bonchev–Trinajstić information content (AvgIpc) is 3.23. The lowest BCUT2D eigenvalue weighted by Gasteiger charge is -2.29. The Morgan fingerprint density at radius 2 is 1.79 bits per heavy atom. The van der Waals surface area contributed by atoms with Crippen LogP contribution in [0.15, 0.2) is 48.5 Å². The number of carbonyl (C=O) groups excluding carboxylic acids is 1. The summed E-state index contributed by atoms with van der Waals surface area (Å²) < 4.78 is 10.7. The molecule has 0 unspecified atom stereocenters. The topological polar surface area (TPSA) is 54.0 Å². The lowest BCUT2D eigenvalue weighted by molar-refractivity contribution is -0.117. The van der Waals surface area contributed by atoms with Crippen LogP contribution in [0.2, 0.25) is 0 Å². The number of hydrogen-bond donors (Lipinski definition) is 1. The van der Waals surface area contributed by atoms with Gasteiger partial charge in [-0.1, -0.05) is 12.1 Å². The fourth-order valence-electron chi connectivity index (χ4n) is 4.18. The molecule has 0 saturated carbocycles. The maximum absolute atomic E-state index is 12.6. The zero-order valence-corrected chi connectivity index (χ0v) is 17.0. The van der Waals surface area contributed by atoms with Crippen molar-refractivity contribution >= 4 is 17.3 Å². The van der Waals surface area contributed by atoms with E-state index in [1.807, 2.05) is 24.3 Å². The van der Waals surface area contributed by atoms with Crippen molar-refractivity contribution in [3.8, 4) is 5.75 Å². The number of nitrogens with zero attached hydrogens (tertiary/aromatic N) is 2. The van der Waals surface area contributed by atoms with Crippen LogP contribution in [-0.4, -0.2) is 57.3 Å². The Kier molecular flexibility index (Phi) is 6.32. The van der Waals surface area contributed by atoms with E-state index in [0.717, 1.165) is 57.1 Å². The Morgan fingerprint density at radius 3 is 2.48 bits per heavy atom. The van der Waals surface area contributed by atoms with Crippen LogP contribution < -0.4 is 15.0 Å². The van der Waals surface area contributed by atoms with Crippen molar-refractivity contribution in [3.05, 3.63) is 54.1 Å². The summed E-state index contributed by atoms with van der Waals surface area (Å²) >= 11 is 0. The lowest BCUT2D eigenvalue weighted by Crippen LogP contribution is -2.36. The molecule has 29 heavy (non-hydrogen) atoms. The first-order chi connectivity index (χ1) is 14.2. The van der Waals surface area contributed by atoms with Gasteiger partial charge in [-0.15, -0.1) is 0 Å². The molecule has 2 heterocycles. The van der Waals surface area contributed by atoms with Gasteiger partial charge < -0.3 is 19.7 Å². The molecule has 6 nitrogen and oxygen atoms in total. The molecule has 2 aliphatic rings. The second-order valence-electron chi connectivity index (χ2n) is 7.60. The third-order valence-corrected chi connectivity index (χ3v) is 5.74. The molecule has 0 bridgehead atoms. The van der Waals surface area contributed by atoms with Gasteiger partial charge in [-0.2, -0.15) is 0 Å². The Bertz CT molecular complexity index is 801. The zero-order valence-electron chi connectivity index (χ0n) is 17.0. The second kappa shape index (κ2) is 9.29. The van der Waals surface area contributed by atoms with Gasteiger partial charge in [0.1, 0.15) is 5.75 Å². The summed E-state index contributed by atoms with van der Waals surface area (Å²) in [5.41, 5.74) is 3.25. The molecule has 6 heteroatoms. The number of likely N-dealkylation sites (tertiary alicyclic amines) is 1. The van der Waals surface area contributed by atoms with Gasteiger partial charge in [0, 0.05) is 30.5 Å². The first kappa shape index (κ1) is 19.7. The number of amides is 1. The molecule has 0 aromatic heterocycles. The van der Waals surface area contributed by atoms with Crippen LogP contribution in [0.3, 0.4) is 0 Å². The van der Waals surface area contributed by atoms with E-state index in [0.29, 0.717) is 6.54 Å². The third-order valence-electron chi connectivity index (χ3n) is 5.74. The predicted molar refractivity (Wildman–Crippen MR) is 115 cm³/mol. The molecule has 2 aromatic rings. The number of morpholine rings is 1. The van der Waals surface area contributed by atoms with Crippen LogP contribution in [0.5, 0.6) is 5.75 Å². The van der Waals surface area contributed by atoms with Crippen LogP contribution in [0.1, 0.15) is 24.4 Å². The predicted octanol–water partition coefficient (Wildman–Crippen LogP) is 3.31. The summed E-state index contributed by atoms with van der Waals surface area (Å²) in [7, 11) is 1.68. The fourth-order valence-corrected chi connectivity index (χ4v) is 4.18. The highest BCUT2D eigenvalue weighted by Gasteiger charge is 2.27. The highest BCUT2D eigenvalue weighted by atomic mass is 16.5. The molecule has 0 spiro atoms. The fraction of sp³-hybridized carbons (Fsp3) is 0.435. The van der Waals surface area contributed by atoms with Crippen molar-refractivity contribution in [2.75, 3.05) is 56.7 Å². The van der Waals surface area contributed by atoms with E-state index in [1.165, 1.54) is 11.3 Å². The SMILES string of the molecule is COc1ccc([C@@H]2CCCN2CC(=O)Nc2ccc(N3CCOCC3)cc2)cc1. The van der Waals surface area contributed by atoms with E-state index in [2.05, 4.69) is 39.4 Å². The minimum Gasteiger partial charge on any atom is -0.497 e. The van der Waals surface area contributed by atoms with Crippen LogP contribution in [0.25, 0.3) is 0 Å². The first-order valence-corrected chi connectivity index (χ1v) is 10.3. The molecule has 1 amide bonds. The minimum absolute atomic E-state index is 0.0320. The molecule has 2 aromatic carbocycles. The Balaban J connectivity index is 1.33. The van der Waals surface area contributed by atoms with Gasteiger partial charge in [0.2, 0.25) is 5.91 Å². The lowest BCUT2D eigenvalue weighted by atomic mass is 10.0. The first-order valence-electron chi connectivity index (χ1n) is 10.3. The summed E-state index contributed by atoms with van der Waals surface area (Å²) in [6.45, 7) is 4.70. The molecule has 154 valence electrons. The quantitative estimate of drug-likeness (QED) is 0.813. The van der Waals surface area contributed by atoms with Crippen LogP contribution >= 0.6 is 0 Å². The van der Waals surface area contributed by atoms with E-state index in [-0.39, 0.29) is 11.9 Å². The molecular weight excluding hydrogens is 366 g/mol. The third kappa shape index (κ3) is 4.89. The van der Waals surface area contributed by atoms with Gasteiger partial charge in [-0.3, -0.25) is 9.69 Å². The van der Waals surface area contributed by atoms with Crippen molar-refractivity contribution in [1.29, 1.82) is 0 Å². The molecule has 4 rings (SSSR count). The molecule has 0 aliphatic carbocycles. The van der Waals surface area contributed by atoms with Crippen molar-refractivity contribution in [3.63, 3.8) is 0 Å². The molecule has 2 fully saturated rings. The number of rotatable bonds is 6. The number of hydrogen-bond acceptors (Lipinski definition) is 5. The van der Waals surface area contributed by atoms with Gasteiger partial charge in [0.05, 0.1) is 26.9 Å². The second-order valence-corrected chi connectivity index (χ2v) is 7.60. The molecular formula is C23H29N3O3. The molecule has 1 atom stereocenters. The highest BCUT2D eigenvalue weighted by molar-refractivity contribution is 5.92. The molecule has 2 saturated heterocycles. The standard InChI is InChI=1S/C23H29N3O3/c1-28-21-10-4-18(5-11-21)22-3-2-12-26(22)17-23(27)24-19-6-8-20(9-7-19)25-13-15-29-16-14-25/h4-11,22H,2-3,12-17H2,1H3,(H,24,27)/t22-/m0/s1. The van der Waals surface area contributed by atoms with Gasteiger partial charge in [0.25, 0.3) is 0 Å². The smallest absolute Gasteiger partial charge is 0.238 e. The monoisotopic (exact) mass is 395 g/mol. The maximum Gasteiger partial charge on any atom is 0.238 e. The summed E-state index contributed by atoms with van der Waals surface area (Å²) in [6.07, 6.45) is 2.19. The Hall–Kier alpha value is -2.57. The number of nitrogens with one attached hydrogen (secondary N) is 1. The van der Waals surface area contributed by atoms with Crippen molar-refractivity contribution in [2.24, 2.45) is 0 Å². The summed E-state index contributed by atoms with van der Waals surface area (Å²) in [4.78, 5) is 17.2. The van der Waals surface area contributed by atoms with Gasteiger partial charge in [0.15, 0.2) is 0 Å². The largest absolute Gasteiger partial charge is 0.497 e. The van der Waals surface area contributed by atoms with E-state index >= 15 is 0 Å². The Labute approximate surface area is 172 Å². The molecule has 0 radical (unpaired) electrons. The minimum atomic E-state index is 0.0320. The number of anilines is 2. The van der Waals surface area contributed by atoms with Gasteiger partial charge in [-0.05, 0) is 61.3 Å². The normalized spacial score (nSPS) is 19.9. The number of ether oxygens (including phenoxy) is 2. The van der Waals surface area contributed by atoms with Crippen LogP contribution in [0, 0.1) is 0 Å².